The van der Waals surface area contributed by atoms with Gasteiger partial charge in [0.05, 0.1) is 24.2 Å². The number of carbonyl (C=O) groups excluding carboxylic acids is 1. The maximum atomic E-state index is 11.4. The first-order valence-corrected chi connectivity index (χ1v) is 6.83. The summed E-state index contributed by atoms with van der Waals surface area (Å²) in [6, 6.07) is 4.11. The van der Waals surface area contributed by atoms with E-state index in [0.717, 1.165) is 10.2 Å². The van der Waals surface area contributed by atoms with Gasteiger partial charge in [-0.1, -0.05) is 6.82 Å². The summed E-state index contributed by atoms with van der Waals surface area (Å²) in [5.41, 5.74) is 0. The summed E-state index contributed by atoms with van der Waals surface area (Å²) < 4.78 is 6.11. The van der Waals surface area contributed by atoms with Gasteiger partial charge in [-0.15, -0.1) is 11.3 Å². The van der Waals surface area contributed by atoms with Crippen LogP contribution in [0.2, 0.25) is 6.82 Å². The quantitative estimate of drug-likeness (QED) is 0.632. The number of hydrogen-bond donors (Lipinski definition) is 0. The van der Waals surface area contributed by atoms with E-state index in [2.05, 4.69) is 29.8 Å². The lowest BCUT2D eigenvalue weighted by Crippen LogP contribution is -2.06. The molecule has 0 N–H and O–H groups in total. The van der Waals surface area contributed by atoms with Gasteiger partial charge in [-0.2, -0.15) is 0 Å². The fourth-order valence-corrected chi connectivity index (χ4v) is 3.15. The van der Waals surface area contributed by atoms with E-state index in [1.807, 2.05) is 13.0 Å². The van der Waals surface area contributed by atoms with Crippen molar-refractivity contribution in [2.75, 3.05) is 6.61 Å². The van der Waals surface area contributed by atoms with Crippen LogP contribution in [0, 0.1) is 5.92 Å². The molecule has 2 nitrogen and oxygen atoms in total. The van der Waals surface area contributed by atoms with E-state index in [4.69, 9.17) is 4.74 Å². The van der Waals surface area contributed by atoms with E-state index in [9.17, 15) is 4.79 Å². The van der Waals surface area contributed by atoms with E-state index in [1.54, 1.807) is 11.3 Å². The summed E-state index contributed by atoms with van der Waals surface area (Å²) in [6.07, 6.45) is 0.950. The van der Waals surface area contributed by atoms with Gasteiger partial charge in [-0.05, 0) is 41.4 Å². The van der Waals surface area contributed by atoms with Gasteiger partial charge in [0.1, 0.15) is 0 Å². The summed E-state index contributed by atoms with van der Waals surface area (Å²) in [4.78, 5) is 12.7. The molecule has 2 rings (SSSR count). The minimum absolute atomic E-state index is 0.0398. The van der Waals surface area contributed by atoms with Gasteiger partial charge in [0, 0.05) is 10.8 Å². The van der Waals surface area contributed by atoms with Gasteiger partial charge in [0.2, 0.25) is 0 Å². The number of esters is 1. The molecule has 1 aromatic heterocycles. The third-order valence-corrected chi connectivity index (χ3v) is 4.09. The molecule has 1 aromatic rings. The average molecular weight is 301 g/mol. The van der Waals surface area contributed by atoms with E-state index < -0.39 is 0 Å². The van der Waals surface area contributed by atoms with E-state index >= 15 is 0 Å². The maximum Gasteiger partial charge on any atom is 0.309 e. The maximum absolute atomic E-state index is 11.4. The summed E-state index contributed by atoms with van der Waals surface area (Å²) in [5.74, 6) is 0.480. The number of halogens is 1. The molecule has 16 heavy (non-hydrogen) atoms. The summed E-state index contributed by atoms with van der Waals surface area (Å²) >= 11 is 5.12. The Morgan fingerprint density at radius 2 is 2.31 bits per heavy atom. The van der Waals surface area contributed by atoms with Crippen LogP contribution in [0.15, 0.2) is 15.9 Å². The Morgan fingerprint density at radius 1 is 1.62 bits per heavy atom. The van der Waals surface area contributed by atoms with Crippen LogP contribution >= 0.6 is 27.3 Å². The van der Waals surface area contributed by atoms with Crippen molar-refractivity contribution >= 4 is 41.1 Å². The fourth-order valence-electron chi connectivity index (χ4n) is 1.55. The normalized spacial score (nSPS) is 21.9. The van der Waals surface area contributed by atoms with Crippen molar-refractivity contribution in [3.8, 4) is 0 Å². The highest BCUT2D eigenvalue weighted by Gasteiger charge is 2.45. The molecule has 0 aliphatic heterocycles. The fraction of sp³-hybridized carbons (Fsp3) is 0.545. The Labute approximate surface area is 110 Å². The molecular weight excluding hydrogens is 287 g/mol. The molecule has 5 heteroatoms. The van der Waals surface area contributed by atoms with Crippen LogP contribution in [0.25, 0.3) is 0 Å². The molecule has 0 amide bonds. The predicted octanol–water partition coefficient (Wildman–Crippen LogP) is 3.38. The SMILES string of the molecule is CCOC(=O)[C@H]1C[C@@H]1c1ccc(Br)s1.[B]C. The summed E-state index contributed by atoms with van der Waals surface area (Å²) in [7, 11) is 4.50. The standard InChI is InChI=1S/C10H11BrO2S.CH3B/c1-2-13-10(12)7-5-6(7)8-3-4-9(11)14-8;1-2/h3-4,6-7H,2,5H2,1H3;1H3/t6-,7-;/m0./s1. The molecule has 0 saturated heterocycles. The van der Waals surface area contributed by atoms with Gasteiger partial charge in [0.15, 0.2) is 0 Å². The van der Waals surface area contributed by atoms with Crippen LogP contribution < -0.4 is 0 Å². The first-order valence-electron chi connectivity index (χ1n) is 5.22. The van der Waals surface area contributed by atoms with Crippen LogP contribution in [0.5, 0.6) is 0 Å². The summed E-state index contributed by atoms with van der Waals surface area (Å²) in [6.45, 7) is 3.83. The predicted molar refractivity (Wildman–Crippen MR) is 71.1 cm³/mol. The van der Waals surface area contributed by atoms with Gasteiger partial charge in [-0.25, -0.2) is 0 Å². The van der Waals surface area contributed by atoms with E-state index in [0.29, 0.717) is 12.5 Å². The van der Waals surface area contributed by atoms with Crippen LogP contribution in [0.3, 0.4) is 0 Å². The molecule has 2 radical (unpaired) electrons. The molecule has 1 aliphatic rings. The summed E-state index contributed by atoms with van der Waals surface area (Å²) in [5, 5.41) is 0. The van der Waals surface area contributed by atoms with E-state index in [-0.39, 0.29) is 11.9 Å². The molecule has 1 aliphatic carbocycles. The number of carbonyl (C=O) groups is 1. The van der Waals surface area contributed by atoms with Crippen molar-refractivity contribution in [1.29, 1.82) is 0 Å². The van der Waals surface area contributed by atoms with Crippen molar-refractivity contribution in [3.63, 3.8) is 0 Å². The van der Waals surface area contributed by atoms with Crippen LogP contribution in [0.4, 0.5) is 0 Å². The zero-order valence-corrected chi connectivity index (χ0v) is 11.8. The van der Waals surface area contributed by atoms with Crippen molar-refractivity contribution in [2.24, 2.45) is 5.92 Å². The Hall–Kier alpha value is -0.285. The lowest BCUT2D eigenvalue weighted by atomic mass is 10.2. The lowest BCUT2D eigenvalue weighted by molar-refractivity contribution is -0.144. The molecular formula is C11H14BBrO2S. The molecule has 0 unspecified atom stereocenters. The van der Waals surface area contributed by atoms with Crippen LogP contribution in [-0.4, -0.2) is 20.4 Å². The Balaban J connectivity index is 0.000000606. The number of thiophene rings is 1. The molecule has 0 bridgehead atoms. The largest absolute Gasteiger partial charge is 0.466 e. The first-order chi connectivity index (χ1) is 7.72. The minimum atomic E-state index is -0.0398. The lowest BCUT2D eigenvalue weighted by Gasteiger charge is -1.98. The van der Waals surface area contributed by atoms with Crippen molar-refractivity contribution in [1.82, 2.24) is 0 Å². The number of ether oxygens (including phenoxy) is 1. The van der Waals surface area contributed by atoms with E-state index in [1.165, 1.54) is 11.7 Å². The second kappa shape index (κ2) is 6.45. The molecule has 1 saturated carbocycles. The Bertz CT molecular complexity index is 354. The van der Waals surface area contributed by atoms with Gasteiger partial charge in [-0.3, -0.25) is 4.79 Å². The third kappa shape index (κ3) is 3.35. The number of hydrogen-bond acceptors (Lipinski definition) is 3. The molecule has 86 valence electrons. The highest BCUT2D eigenvalue weighted by molar-refractivity contribution is 9.11. The van der Waals surface area contributed by atoms with Crippen molar-refractivity contribution in [2.45, 2.75) is 26.1 Å². The topological polar surface area (TPSA) is 26.3 Å². The Morgan fingerprint density at radius 3 is 2.81 bits per heavy atom. The van der Waals surface area contributed by atoms with Gasteiger partial charge < -0.3 is 4.74 Å². The third-order valence-electron chi connectivity index (χ3n) is 2.34. The highest BCUT2D eigenvalue weighted by atomic mass is 79.9. The highest BCUT2D eigenvalue weighted by Crippen LogP contribution is 2.50. The van der Waals surface area contributed by atoms with Crippen LogP contribution in [0.1, 0.15) is 24.1 Å². The Kier molecular flexibility index (Phi) is 5.55. The van der Waals surface area contributed by atoms with Crippen molar-refractivity contribution < 1.29 is 9.53 Å². The molecule has 1 fully saturated rings. The van der Waals surface area contributed by atoms with Gasteiger partial charge >= 0.3 is 5.97 Å². The van der Waals surface area contributed by atoms with Gasteiger partial charge in [0.25, 0.3) is 0 Å². The minimum Gasteiger partial charge on any atom is -0.466 e. The average Bonchev–Trinajstić information content (AvgIpc) is 2.98. The molecule has 2 atom stereocenters. The second-order valence-corrected chi connectivity index (χ2v) is 5.84. The number of rotatable bonds is 3. The molecule has 1 heterocycles. The second-order valence-electron chi connectivity index (χ2n) is 3.34. The first kappa shape index (κ1) is 13.8. The van der Waals surface area contributed by atoms with Crippen molar-refractivity contribution in [3.05, 3.63) is 20.8 Å². The molecule has 0 aromatic carbocycles. The smallest absolute Gasteiger partial charge is 0.309 e. The zero-order chi connectivity index (χ0) is 12.1. The molecule has 0 spiro atoms. The monoisotopic (exact) mass is 300 g/mol. The zero-order valence-electron chi connectivity index (χ0n) is 9.40. The van der Waals surface area contributed by atoms with Crippen LogP contribution in [-0.2, 0) is 9.53 Å².